The van der Waals surface area contributed by atoms with Crippen LogP contribution in [0.25, 0.3) is 0 Å². The first-order valence-electron chi connectivity index (χ1n) is 9.79. The molecule has 1 fully saturated rings. The zero-order valence-corrected chi connectivity index (χ0v) is 17.1. The lowest BCUT2D eigenvalue weighted by Crippen LogP contribution is -2.48. The number of carbonyl (C=O) groups is 1. The maximum absolute atomic E-state index is 13.1. The third kappa shape index (κ3) is 4.49. The number of benzene rings is 1. The van der Waals surface area contributed by atoms with Crippen LogP contribution in [0.15, 0.2) is 48.8 Å². The highest BCUT2D eigenvalue weighted by molar-refractivity contribution is 5.86. The number of pyridine rings is 1. The van der Waals surface area contributed by atoms with E-state index < -0.39 is 6.04 Å². The molecule has 0 radical (unpaired) electrons. The Morgan fingerprint density at radius 1 is 1.19 bits per heavy atom. The summed E-state index contributed by atoms with van der Waals surface area (Å²) in [6.45, 7) is 8.84. The van der Waals surface area contributed by atoms with Crippen LogP contribution < -0.4 is 10.2 Å². The van der Waals surface area contributed by atoms with Crippen molar-refractivity contribution < 1.29 is 4.79 Å². The standard InChI is InChI=1S/C23H31N3O/c1-16-13-19(14-16)25-22(27)21(17-7-6-12-24-15-17)26(5)20-10-8-18(9-11-20)23(2,3)4/h6-12,15-16,19,21H,13-14H2,1-5H3,(H,25,27). The van der Waals surface area contributed by atoms with E-state index in [4.69, 9.17) is 0 Å². The van der Waals surface area contributed by atoms with Gasteiger partial charge in [0.05, 0.1) is 0 Å². The fourth-order valence-corrected chi connectivity index (χ4v) is 3.73. The van der Waals surface area contributed by atoms with Crippen LogP contribution in [0.3, 0.4) is 0 Å². The molecule has 0 aliphatic heterocycles. The van der Waals surface area contributed by atoms with Crippen molar-refractivity contribution in [3.63, 3.8) is 0 Å². The minimum absolute atomic E-state index is 0.0438. The fourth-order valence-electron chi connectivity index (χ4n) is 3.73. The number of hydrogen-bond donors (Lipinski definition) is 1. The molecule has 4 nitrogen and oxygen atoms in total. The first-order valence-corrected chi connectivity index (χ1v) is 9.79. The van der Waals surface area contributed by atoms with E-state index in [1.54, 1.807) is 12.4 Å². The maximum atomic E-state index is 13.1. The summed E-state index contributed by atoms with van der Waals surface area (Å²) in [5.74, 6) is 0.747. The molecule has 27 heavy (non-hydrogen) atoms. The van der Waals surface area contributed by atoms with Crippen LogP contribution in [0.2, 0.25) is 0 Å². The summed E-state index contributed by atoms with van der Waals surface area (Å²) in [5.41, 5.74) is 3.32. The summed E-state index contributed by atoms with van der Waals surface area (Å²) in [4.78, 5) is 19.4. The second kappa shape index (κ2) is 7.71. The van der Waals surface area contributed by atoms with E-state index in [1.165, 1.54) is 5.56 Å². The Bertz CT molecular complexity index is 758. The molecule has 144 valence electrons. The third-order valence-corrected chi connectivity index (χ3v) is 5.50. The van der Waals surface area contributed by atoms with E-state index in [1.807, 2.05) is 24.1 Å². The molecule has 1 aliphatic rings. The molecule has 1 aliphatic carbocycles. The molecule has 1 N–H and O–H groups in total. The van der Waals surface area contributed by atoms with E-state index in [2.05, 4.69) is 62.3 Å². The summed E-state index contributed by atoms with van der Waals surface area (Å²) in [6, 6.07) is 12.3. The lowest BCUT2D eigenvalue weighted by atomic mass is 9.81. The van der Waals surface area contributed by atoms with Gasteiger partial charge in [0.2, 0.25) is 5.91 Å². The molecule has 2 aromatic rings. The summed E-state index contributed by atoms with van der Waals surface area (Å²) in [7, 11) is 1.98. The number of anilines is 1. The Kier molecular flexibility index (Phi) is 5.54. The van der Waals surface area contributed by atoms with Gasteiger partial charge in [-0.05, 0) is 47.9 Å². The van der Waals surface area contributed by atoms with Crippen molar-refractivity contribution in [2.75, 3.05) is 11.9 Å². The molecule has 1 heterocycles. The molecule has 0 spiro atoms. The Balaban J connectivity index is 1.84. The molecule has 4 heteroatoms. The van der Waals surface area contributed by atoms with Gasteiger partial charge in [0.1, 0.15) is 6.04 Å². The molecule has 0 bridgehead atoms. The topological polar surface area (TPSA) is 45.2 Å². The first-order chi connectivity index (χ1) is 12.8. The number of carbonyl (C=O) groups excluding carboxylic acids is 1. The largest absolute Gasteiger partial charge is 0.359 e. The van der Waals surface area contributed by atoms with Gasteiger partial charge in [0, 0.05) is 36.7 Å². The molecular formula is C23H31N3O. The zero-order chi connectivity index (χ0) is 19.6. The number of likely N-dealkylation sites (N-methyl/N-ethyl adjacent to an activating group) is 1. The van der Waals surface area contributed by atoms with E-state index in [9.17, 15) is 4.79 Å². The molecule has 3 rings (SSSR count). The van der Waals surface area contributed by atoms with E-state index in [0.29, 0.717) is 12.0 Å². The average Bonchev–Trinajstić information content (AvgIpc) is 2.61. The summed E-state index contributed by atoms with van der Waals surface area (Å²) in [5, 5.41) is 3.22. The highest BCUT2D eigenvalue weighted by Crippen LogP contribution is 2.31. The van der Waals surface area contributed by atoms with Gasteiger partial charge in [0.15, 0.2) is 0 Å². The van der Waals surface area contributed by atoms with Crippen LogP contribution in [0.1, 0.15) is 57.7 Å². The van der Waals surface area contributed by atoms with Crippen LogP contribution in [0.4, 0.5) is 5.69 Å². The number of nitrogens with one attached hydrogen (secondary N) is 1. The molecule has 1 amide bonds. The highest BCUT2D eigenvalue weighted by Gasteiger charge is 2.32. The van der Waals surface area contributed by atoms with Crippen molar-refractivity contribution in [3.8, 4) is 0 Å². The van der Waals surface area contributed by atoms with Gasteiger partial charge in [-0.3, -0.25) is 9.78 Å². The van der Waals surface area contributed by atoms with Gasteiger partial charge in [-0.25, -0.2) is 0 Å². The lowest BCUT2D eigenvalue weighted by molar-refractivity contribution is -0.124. The van der Waals surface area contributed by atoms with Crippen LogP contribution in [0.5, 0.6) is 0 Å². The molecule has 1 saturated carbocycles. The summed E-state index contributed by atoms with van der Waals surface area (Å²) >= 11 is 0. The van der Waals surface area contributed by atoms with Crippen LogP contribution in [-0.4, -0.2) is 24.0 Å². The fraction of sp³-hybridized carbons (Fsp3) is 0.478. The normalized spacial score (nSPS) is 20.5. The predicted molar refractivity (Wildman–Crippen MR) is 111 cm³/mol. The van der Waals surface area contributed by atoms with Crippen LogP contribution >= 0.6 is 0 Å². The van der Waals surface area contributed by atoms with Crippen molar-refractivity contribution in [3.05, 3.63) is 59.9 Å². The third-order valence-electron chi connectivity index (χ3n) is 5.50. The molecule has 1 atom stereocenters. The highest BCUT2D eigenvalue weighted by atomic mass is 16.2. The van der Waals surface area contributed by atoms with Gasteiger partial charge in [-0.15, -0.1) is 0 Å². The van der Waals surface area contributed by atoms with E-state index in [0.717, 1.165) is 24.1 Å². The van der Waals surface area contributed by atoms with E-state index >= 15 is 0 Å². The van der Waals surface area contributed by atoms with Crippen LogP contribution in [-0.2, 0) is 10.2 Å². The summed E-state index contributed by atoms with van der Waals surface area (Å²) < 4.78 is 0. The van der Waals surface area contributed by atoms with Crippen LogP contribution in [0, 0.1) is 5.92 Å². The molecular weight excluding hydrogens is 334 g/mol. The minimum atomic E-state index is -0.393. The second-order valence-corrected chi connectivity index (χ2v) is 8.88. The van der Waals surface area contributed by atoms with Crippen molar-refractivity contribution >= 4 is 11.6 Å². The summed E-state index contributed by atoms with van der Waals surface area (Å²) in [6.07, 6.45) is 5.66. The van der Waals surface area contributed by atoms with Gasteiger partial charge in [-0.1, -0.05) is 45.9 Å². The van der Waals surface area contributed by atoms with Gasteiger partial charge < -0.3 is 10.2 Å². The zero-order valence-electron chi connectivity index (χ0n) is 17.1. The SMILES string of the molecule is CC1CC(NC(=O)C(c2cccnc2)N(C)c2ccc(C(C)(C)C)cc2)C1. The number of amides is 1. The minimum Gasteiger partial charge on any atom is -0.359 e. The van der Waals surface area contributed by atoms with Gasteiger partial charge in [0.25, 0.3) is 0 Å². The average molecular weight is 366 g/mol. The second-order valence-electron chi connectivity index (χ2n) is 8.88. The Hall–Kier alpha value is -2.36. The van der Waals surface area contributed by atoms with Crippen molar-refractivity contribution in [1.29, 1.82) is 0 Å². The Morgan fingerprint density at radius 3 is 2.37 bits per heavy atom. The molecule has 1 aromatic carbocycles. The van der Waals surface area contributed by atoms with Gasteiger partial charge in [-0.2, -0.15) is 0 Å². The molecule has 1 aromatic heterocycles. The Morgan fingerprint density at radius 2 is 1.85 bits per heavy atom. The van der Waals surface area contributed by atoms with Crippen molar-refractivity contribution in [1.82, 2.24) is 10.3 Å². The maximum Gasteiger partial charge on any atom is 0.247 e. The number of rotatable bonds is 5. The monoisotopic (exact) mass is 365 g/mol. The van der Waals surface area contributed by atoms with E-state index in [-0.39, 0.29) is 11.3 Å². The number of hydrogen-bond acceptors (Lipinski definition) is 3. The first kappa shape index (κ1) is 19.4. The molecule has 0 saturated heterocycles. The van der Waals surface area contributed by atoms with Crippen molar-refractivity contribution in [2.24, 2.45) is 5.92 Å². The quantitative estimate of drug-likeness (QED) is 0.850. The Labute approximate surface area is 163 Å². The lowest BCUT2D eigenvalue weighted by Gasteiger charge is -2.36. The number of nitrogens with zero attached hydrogens (tertiary/aromatic N) is 2. The smallest absolute Gasteiger partial charge is 0.247 e. The number of aromatic nitrogens is 1. The van der Waals surface area contributed by atoms with Gasteiger partial charge >= 0.3 is 0 Å². The predicted octanol–water partition coefficient (Wildman–Crippen LogP) is 4.47. The molecule has 1 unspecified atom stereocenters. The van der Waals surface area contributed by atoms with Crippen molar-refractivity contribution in [2.45, 2.75) is 58.0 Å².